The van der Waals surface area contributed by atoms with E-state index < -0.39 is 23.9 Å². The van der Waals surface area contributed by atoms with Gasteiger partial charge in [0, 0.05) is 0 Å². The quantitative estimate of drug-likeness (QED) is 0.748. The van der Waals surface area contributed by atoms with Crippen LogP contribution < -0.4 is 5.32 Å². The number of carbonyl (C=O) groups excluding carboxylic acids is 2. The number of hydrogen-bond acceptors (Lipinski definition) is 3. The molecular formula is C21H21ClFNO3. The summed E-state index contributed by atoms with van der Waals surface area (Å²) < 4.78 is 18.6. The number of anilines is 1. The summed E-state index contributed by atoms with van der Waals surface area (Å²) in [5.41, 5.74) is 1.37. The van der Waals surface area contributed by atoms with Crippen LogP contribution in [-0.2, 0) is 19.7 Å². The lowest BCUT2D eigenvalue weighted by molar-refractivity contribution is -0.153. The molecule has 0 saturated heterocycles. The summed E-state index contributed by atoms with van der Waals surface area (Å²) in [7, 11) is 0. The Kier molecular flexibility index (Phi) is 5.80. The first kappa shape index (κ1) is 19.4. The van der Waals surface area contributed by atoms with Crippen LogP contribution in [-0.4, -0.2) is 18.5 Å². The Morgan fingerprint density at radius 3 is 2.44 bits per heavy atom. The van der Waals surface area contributed by atoms with Crippen molar-refractivity contribution in [3.05, 3.63) is 64.4 Å². The zero-order chi connectivity index (χ0) is 19.4. The predicted molar refractivity (Wildman–Crippen MR) is 102 cm³/mol. The maximum atomic E-state index is 13.2. The smallest absolute Gasteiger partial charge is 0.317 e. The van der Waals surface area contributed by atoms with Crippen molar-refractivity contribution in [2.45, 2.75) is 38.0 Å². The number of esters is 1. The van der Waals surface area contributed by atoms with Gasteiger partial charge < -0.3 is 10.1 Å². The molecule has 1 N–H and O–H groups in total. The lowest BCUT2D eigenvalue weighted by Gasteiger charge is -2.27. The summed E-state index contributed by atoms with van der Waals surface area (Å²) >= 11 is 6.10. The van der Waals surface area contributed by atoms with E-state index in [2.05, 4.69) is 5.32 Å². The van der Waals surface area contributed by atoms with Gasteiger partial charge in [0.15, 0.2) is 6.61 Å². The van der Waals surface area contributed by atoms with Crippen molar-refractivity contribution in [2.24, 2.45) is 0 Å². The van der Waals surface area contributed by atoms with Crippen molar-refractivity contribution >= 4 is 29.2 Å². The highest BCUT2D eigenvalue weighted by Gasteiger charge is 2.44. The Bertz CT molecular complexity index is 845. The molecule has 0 atom stereocenters. The molecular weight excluding hydrogens is 369 g/mol. The molecule has 27 heavy (non-hydrogen) atoms. The van der Waals surface area contributed by atoms with Gasteiger partial charge in [-0.2, -0.15) is 0 Å². The fourth-order valence-corrected chi connectivity index (χ4v) is 3.82. The van der Waals surface area contributed by atoms with Crippen LogP contribution >= 0.6 is 11.6 Å². The molecule has 0 unspecified atom stereocenters. The Morgan fingerprint density at radius 2 is 1.81 bits per heavy atom. The molecule has 2 aromatic rings. The molecule has 0 spiro atoms. The number of nitrogens with one attached hydrogen (secondary N) is 1. The zero-order valence-corrected chi connectivity index (χ0v) is 15.8. The van der Waals surface area contributed by atoms with E-state index in [4.69, 9.17) is 16.3 Å². The monoisotopic (exact) mass is 389 g/mol. The Morgan fingerprint density at radius 1 is 1.15 bits per heavy atom. The van der Waals surface area contributed by atoms with E-state index in [-0.39, 0.29) is 5.82 Å². The van der Waals surface area contributed by atoms with Gasteiger partial charge in [-0.3, -0.25) is 9.59 Å². The third kappa shape index (κ3) is 4.30. The van der Waals surface area contributed by atoms with Crippen LogP contribution in [0.4, 0.5) is 10.1 Å². The number of halogens is 2. The van der Waals surface area contributed by atoms with Gasteiger partial charge in [-0.15, -0.1) is 0 Å². The first-order chi connectivity index (χ1) is 12.9. The summed E-state index contributed by atoms with van der Waals surface area (Å²) in [5.74, 6) is -1.26. The van der Waals surface area contributed by atoms with E-state index in [1.165, 1.54) is 12.1 Å². The van der Waals surface area contributed by atoms with Gasteiger partial charge in [0.1, 0.15) is 5.82 Å². The zero-order valence-electron chi connectivity index (χ0n) is 15.1. The van der Waals surface area contributed by atoms with Crippen molar-refractivity contribution in [2.75, 3.05) is 11.9 Å². The lowest BCUT2D eigenvalue weighted by atomic mass is 9.79. The molecule has 1 aliphatic carbocycles. The van der Waals surface area contributed by atoms with Crippen LogP contribution in [0.25, 0.3) is 0 Å². The van der Waals surface area contributed by atoms with Crippen LogP contribution in [0.3, 0.4) is 0 Å². The molecule has 1 amide bonds. The molecule has 2 aromatic carbocycles. The molecule has 0 bridgehead atoms. The average Bonchev–Trinajstić information content (AvgIpc) is 3.14. The molecule has 0 aromatic heterocycles. The summed E-state index contributed by atoms with van der Waals surface area (Å²) in [5, 5.41) is 3.07. The summed E-state index contributed by atoms with van der Waals surface area (Å²) in [6.07, 6.45) is 3.03. The minimum atomic E-state index is -0.810. The fraction of sp³-hybridized carbons (Fsp3) is 0.333. The topological polar surface area (TPSA) is 55.4 Å². The molecule has 1 saturated carbocycles. The molecule has 1 fully saturated rings. The SMILES string of the molecule is Cc1ccc(NC(=O)COC(=O)C2(c3ccc(F)cc3)CCCC2)c(Cl)c1. The Balaban J connectivity index is 1.66. The summed E-state index contributed by atoms with van der Waals surface area (Å²) in [4.78, 5) is 25.0. The van der Waals surface area contributed by atoms with Gasteiger partial charge in [-0.05, 0) is 55.2 Å². The fourth-order valence-electron chi connectivity index (χ4n) is 3.54. The van der Waals surface area contributed by atoms with E-state index in [0.29, 0.717) is 23.6 Å². The predicted octanol–water partition coefficient (Wildman–Crippen LogP) is 4.78. The number of amides is 1. The third-order valence-corrected chi connectivity index (χ3v) is 5.29. The minimum absolute atomic E-state index is 0.352. The van der Waals surface area contributed by atoms with Crippen molar-refractivity contribution in [3.63, 3.8) is 0 Å². The number of carbonyl (C=O) groups is 2. The number of benzene rings is 2. The van der Waals surface area contributed by atoms with E-state index in [1.54, 1.807) is 24.3 Å². The Hall–Kier alpha value is -2.40. The van der Waals surface area contributed by atoms with Gasteiger partial charge in [-0.25, -0.2) is 4.39 Å². The van der Waals surface area contributed by atoms with E-state index in [9.17, 15) is 14.0 Å². The second kappa shape index (κ2) is 8.09. The largest absolute Gasteiger partial charge is 0.455 e. The molecule has 1 aliphatic rings. The highest BCUT2D eigenvalue weighted by atomic mass is 35.5. The van der Waals surface area contributed by atoms with Gasteiger partial charge in [0.25, 0.3) is 5.91 Å². The molecule has 0 aliphatic heterocycles. The maximum Gasteiger partial charge on any atom is 0.317 e. The summed E-state index contributed by atoms with van der Waals surface area (Å²) in [6.45, 7) is 1.50. The van der Waals surface area contributed by atoms with Crippen LogP contribution in [0.1, 0.15) is 36.8 Å². The molecule has 142 valence electrons. The normalized spacial score (nSPS) is 15.4. The number of aryl methyl sites for hydroxylation is 1. The van der Waals surface area contributed by atoms with Gasteiger partial charge in [0.2, 0.25) is 0 Å². The van der Waals surface area contributed by atoms with Gasteiger partial charge in [0.05, 0.1) is 16.1 Å². The van der Waals surface area contributed by atoms with Crippen molar-refractivity contribution in [1.29, 1.82) is 0 Å². The van der Waals surface area contributed by atoms with Crippen molar-refractivity contribution < 1.29 is 18.7 Å². The van der Waals surface area contributed by atoms with Gasteiger partial charge >= 0.3 is 5.97 Å². The highest BCUT2D eigenvalue weighted by molar-refractivity contribution is 6.33. The standard InChI is InChI=1S/C21H21ClFNO3/c1-14-4-9-18(17(22)12-14)24-19(25)13-27-20(26)21(10-2-3-11-21)15-5-7-16(23)8-6-15/h4-9,12H,2-3,10-11,13H2,1H3,(H,24,25). The second-order valence-corrected chi connectivity index (χ2v) is 7.31. The van der Waals surface area contributed by atoms with Crippen molar-refractivity contribution in [3.8, 4) is 0 Å². The third-order valence-electron chi connectivity index (χ3n) is 4.98. The molecule has 6 heteroatoms. The average molecular weight is 390 g/mol. The van der Waals surface area contributed by atoms with E-state index in [1.807, 2.05) is 13.0 Å². The summed E-state index contributed by atoms with van der Waals surface area (Å²) in [6, 6.07) is 11.2. The highest BCUT2D eigenvalue weighted by Crippen LogP contribution is 2.42. The van der Waals surface area contributed by atoms with Crippen molar-refractivity contribution in [1.82, 2.24) is 0 Å². The first-order valence-electron chi connectivity index (χ1n) is 8.90. The number of ether oxygens (including phenoxy) is 1. The van der Waals surface area contributed by atoms with Crippen LogP contribution in [0.15, 0.2) is 42.5 Å². The minimum Gasteiger partial charge on any atom is -0.455 e. The van der Waals surface area contributed by atoms with Crippen LogP contribution in [0.5, 0.6) is 0 Å². The molecule has 0 heterocycles. The molecule has 4 nitrogen and oxygen atoms in total. The first-order valence-corrected chi connectivity index (χ1v) is 9.28. The van der Waals surface area contributed by atoms with Crippen LogP contribution in [0, 0.1) is 12.7 Å². The Labute approximate surface area is 162 Å². The van der Waals surface area contributed by atoms with E-state index in [0.717, 1.165) is 24.0 Å². The molecule has 3 rings (SSSR count). The van der Waals surface area contributed by atoms with E-state index >= 15 is 0 Å². The van der Waals surface area contributed by atoms with Crippen LogP contribution in [0.2, 0.25) is 5.02 Å². The number of rotatable bonds is 5. The van der Waals surface area contributed by atoms with Gasteiger partial charge in [-0.1, -0.05) is 42.6 Å². The number of hydrogen-bond donors (Lipinski definition) is 1. The molecule has 0 radical (unpaired) electrons. The second-order valence-electron chi connectivity index (χ2n) is 6.90. The lowest BCUT2D eigenvalue weighted by Crippen LogP contribution is -2.36. The maximum absolute atomic E-state index is 13.2.